The van der Waals surface area contributed by atoms with E-state index in [1.807, 2.05) is 24.3 Å². The summed E-state index contributed by atoms with van der Waals surface area (Å²) in [7, 11) is 0. The van der Waals surface area contributed by atoms with Crippen molar-refractivity contribution in [1.29, 1.82) is 0 Å². The second-order valence-electron chi connectivity index (χ2n) is 7.11. The maximum atomic E-state index is 14.7. The molecule has 3 aromatic carbocycles. The third-order valence-corrected chi connectivity index (χ3v) is 4.84. The molecular formula is C25H21F5. The summed E-state index contributed by atoms with van der Waals surface area (Å²) < 4.78 is 65.7. The minimum absolute atomic E-state index is 0.0337. The summed E-state index contributed by atoms with van der Waals surface area (Å²) in [6, 6.07) is 16.3. The Morgan fingerprint density at radius 3 is 2.00 bits per heavy atom. The van der Waals surface area contributed by atoms with Crippen LogP contribution in [0, 0.1) is 11.6 Å². The molecule has 0 N–H and O–H groups in total. The quantitative estimate of drug-likeness (QED) is 0.355. The molecule has 0 aliphatic carbocycles. The van der Waals surface area contributed by atoms with Gasteiger partial charge in [0.2, 0.25) is 0 Å². The van der Waals surface area contributed by atoms with Gasteiger partial charge >= 0.3 is 6.18 Å². The van der Waals surface area contributed by atoms with Gasteiger partial charge in [-0.3, -0.25) is 0 Å². The van der Waals surface area contributed by atoms with Gasteiger partial charge in [-0.15, -0.1) is 0 Å². The fraction of sp³-hybridized carbons (Fsp3) is 0.200. The van der Waals surface area contributed by atoms with Crippen molar-refractivity contribution >= 4 is 6.08 Å². The minimum Gasteiger partial charge on any atom is -0.206 e. The number of hydrogen-bond donors (Lipinski definition) is 0. The lowest BCUT2D eigenvalue weighted by Gasteiger charge is -2.09. The number of benzene rings is 3. The van der Waals surface area contributed by atoms with Crippen molar-refractivity contribution < 1.29 is 22.0 Å². The van der Waals surface area contributed by atoms with Crippen LogP contribution in [-0.2, 0) is 6.42 Å². The number of allylic oxidation sites excluding steroid dienone is 1. The van der Waals surface area contributed by atoms with Gasteiger partial charge in [-0.05, 0) is 53.3 Å². The Bertz CT molecular complexity index is 1030. The summed E-state index contributed by atoms with van der Waals surface area (Å²) in [5.74, 6) is -1.38. The largest absolute Gasteiger partial charge is 0.409 e. The van der Waals surface area contributed by atoms with E-state index in [0.717, 1.165) is 30.9 Å². The third kappa shape index (κ3) is 5.56. The lowest BCUT2D eigenvalue weighted by atomic mass is 9.97. The molecule has 0 aliphatic rings. The first-order chi connectivity index (χ1) is 14.3. The van der Waals surface area contributed by atoms with E-state index in [0.29, 0.717) is 11.6 Å². The number of halogens is 5. The maximum Gasteiger partial charge on any atom is 0.409 e. The Morgan fingerprint density at radius 1 is 0.767 bits per heavy atom. The van der Waals surface area contributed by atoms with Gasteiger partial charge in [0.05, 0.1) is 0 Å². The smallest absolute Gasteiger partial charge is 0.206 e. The summed E-state index contributed by atoms with van der Waals surface area (Å²) in [6.45, 7) is 2.14. The molecule has 0 fully saturated rings. The number of hydrogen-bond acceptors (Lipinski definition) is 0. The number of unbranched alkanes of at least 4 members (excludes halogenated alkanes) is 1. The highest BCUT2D eigenvalue weighted by Gasteiger charge is 2.22. The molecule has 0 unspecified atom stereocenters. The molecular weight excluding hydrogens is 395 g/mol. The van der Waals surface area contributed by atoms with Crippen LogP contribution in [0.2, 0.25) is 0 Å². The van der Waals surface area contributed by atoms with Crippen LogP contribution in [-0.4, -0.2) is 6.18 Å². The Balaban J connectivity index is 1.83. The Kier molecular flexibility index (Phi) is 6.70. The summed E-state index contributed by atoms with van der Waals surface area (Å²) in [5, 5.41) is 0. The standard InChI is InChI=1S/C25H21F5/c1-2-3-4-17-5-7-18(8-6-17)20-11-12-22(24(27)15-20)21-10-9-19(23(26)16-21)13-14-25(28,29)30/h5-16H,2-4H2,1H3/b14-13+. The van der Waals surface area contributed by atoms with Gasteiger partial charge in [0.15, 0.2) is 0 Å². The van der Waals surface area contributed by atoms with E-state index in [1.54, 1.807) is 12.1 Å². The van der Waals surface area contributed by atoms with Crippen LogP contribution in [0.4, 0.5) is 22.0 Å². The van der Waals surface area contributed by atoms with Crippen molar-refractivity contribution in [2.24, 2.45) is 0 Å². The molecule has 3 aromatic rings. The maximum absolute atomic E-state index is 14.7. The zero-order valence-corrected chi connectivity index (χ0v) is 16.4. The summed E-state index contributed by atoms with van der Waals surface area (Å²) in [6.07, 6.45) is -0.666. The minimum atomic E-state index is -4.53. The van der Waals surface area contributed by atoms with Crippen molar-refractivity contribution in [3.8, 4) is 22.3 Å². The number of aryl methyl sites for hydroxylation is 1. The van der Waals surface area contributed by atoms with Gasteiger partial charge in [0.1, 0.15) is 11.6 Å². The average Bonchev–Trinajstić information content (AvgIpc) is 2.71. The highest BCUT2D eigenvalue weighted by Crippen LogP contribution is 2.30. The molecule has 0 aliphatic heterocycles. The van der Waals surface area contributed by atoms with Crippen LogP contribution in [0.15, 0.2) is 66.7 Å². The normalized spacial score (nSPS) is 11.9. The Morgan fingerprint density at radius 2 is 1.40 bits per heavy atom. The summed E-state index contributed by atoms with van der Waals surface area (Å²) in [4.78, 5) is 0. The fourth-order valence-electron chi connectivity index (χ4n) is 3.19. The summed E-state index contributed by atoms with van der Waals surface area (Å²) >= 11 is 0. The molecule has 5 heteroatoms. The van der Waals surface area contributed by atoms with Crippen LogP contribution >= 0.6 is 0 Å². The first-order valence-electron chi connectivity index (χ1n) is 9.71. The van der Waals surface area contributed by atoms with Gasteiger partial charge in [0, 0.05) is 17.2 Å². The Labute approximate surface area is 172 Å². The molecule has 0 heterocycles. The van der Waals surface area contributed by atoms with Gasteiger partial charge < -0.3 is 0 Å². The molecule has 0 atom stereocenters. The van der Waals surface area contributed by atoms with Crippen molar-refractivity contribution in [2.75, 3.05) is 0 Å². The average molecular weight is 416 g/mol. The predicted molar refractivity (Wildman–Crippen MR) is 111 cm³/mol. The zero-order chi connectivity index (χ0) is 21.7. The van der Waals surface area contributed by atoms with E-state index in [-0.39, 0.29) is 22.8 Å². The van der Waals surface area contributed by atoms with Crippen LogP contribution in [0.1, 0.15) is 30.9 Å². The fourth-order valence-corrected chi connectivity index (χ4v) is 3.19. The number of alkyl halides is 3. The van der Waals surface area contributed by atoms with Crippen LogP contribution in [0.3, 0.4) is 0 Å². The van der Waals surface area contributed by atoms with Gasteiger partial charge in [-0.2, -0.15) is 13.2 Å². The van der Waals surface area contributed by atoms with E-state index in [1.165, 1.54) is 23.8 Å². The molecule has 0 radical (unpaired) electrons. The van der Waals surface area contributed by atoms with E-state index in [9.17, 15) is 22.0 Å². The highest BCUT2D eigenvalue weighted by atomic mass is 19.4. The first kappa shape index (κ1) is 21.8. The molecule has 0 nitrogen and oxygen atoms in total. The van der Waals surface area contributed by atoms with Gasteiger partial charge in [-0.1, -0.05) is 61.9 Å². The number of rotatable bonds is 6. The zero-order valence-electron chi connectivity index (χ0n) is 16.4. The Hall–Kier alpha value is -2.95. The van der Waals surface area contributed by atoms with Gasteiger partial charge in [0.25, 0.3) is 0 Å². The molecule has 0 bridgehead atoms. The van der Waals surface area contributed by atoms with Crippen molar-refractivity contribution in [3.63, 3.8) is 0 Å². The molecule has 0 amide bonds. The summed E-state index contributed by atoms with van der Waals surface area (Å²) in [5.41, 5.74) is 3.03. The molecule has 0 aromatic heterocycles. The van der Waals surface area contributed by atoms with Crippen molar-refractivity contribution in [3.05, 3.63) is 89.5 Å². The molecule has 156 valence electrons. The molecule has 0 spiro atoms. The molecule has 0 saturated carbocycles. The van der Waals surface area contributed by atoms with E-state index < -0.39 is 17.8 Å². The predicted octanol–water partition coefficient (Wildman–Crippen LogP) is 8.22. The molecule has 0 saturated heterocycles. The first-order valence-corrected chi connectivity index (χ1v) is 9.71. The highest BCUT2D eigenvalue weighted by molar-refractivity contribution is 5.72. The lowest BCUT2D eigenvalue weighted by molar-refractivity contribution is -0.0790. The topological polar surface area (TPSA) is 0 Å². The SMILES string of the molecule is CCCCc1ccc(-c2ccc(-c3ccc(/C=C/C(F)(F)F)c(F)c3)c(F)c2)cc1. The van der Waals surface area contributed by atoms with Gasteiger partial charge in [-0.25, -0.2) is 8.78 Å². The monoisotopic (exact) mass is 416 g/mol. The van der Waals surface area contributed by atoms with Crippen LogP contribution in [0.25, 0.3) is 28.3 Å². The lowest BCUT2D eigenvalue weighted by Crippen LogP contribution is -2.00. The van der Waals surface area contributed by atoms with Crippen LogP contribution < -0.4 is 0 Å². The third-order valence-electron chi connectivity index (χ3n) is 4.84. The molecule has 30 heavy (non-hydrogen) atoms. The van der Waals surface area contributed by atoms with E-state index in [4.69, 9.17) is 0 Å². The second kappa shape index (κ2) is 9.24. The van der Waals surface area contributed by atoms with Crippen molar-refractivity contribution in [1.82, 2.24) is 0 Å². The van der Waals surface area contributed by atoms with Crippen LogP contribution in [0.5, 0.6) is 0 Å². The van der Waals surface area contributed by atoms with E-state index in [2.05, 4.69) is 6.92 Å². The second-order valence-corrected chi connectivity index (χ2v) is 7.11. The van der Waals surface area contributed by atoms with Crippen molar-refractivity contribution in [2.45, 2.75) is 32.4 Å². The van der Waals surface area contributed by atoms with E-state index >= 15 is 0 Å². The molecule has 3 rings (SSSR count).